The van der Waals surface area contributed by atoms with E-state index in [9.17, 15) is 4.79 Å². The van der Waals surface area contributed by atoms with Gasteiger partial charge in [0.1, 0.15) is 5.78 Å². The molecule has 2 heteroatoms. The normalized spacial score (nSPS) is 51.3. The second-order valence-electron chi connectivity index (χ2n) is 7.27. The molecule has 0 aromatic heterocycles. The minimum atomic E-state index is 0.366. The molecule has 0 saturated heterocycles. The van der Waals surface area contributed by atoms with Crippen molar-refractivity contribution in [2.24, 2.45) is 28.6 Å². The number of rotatable bonds is 1. The van der Waals surface area contributed by atoms with E-state index in [-0.39, 0.29) is 0 Å². The van der Waals surface area contributed by atoms with E-state index in [2.05, 4.69) is 29.8 Å². The van der Waals surface area contributed by atoms with Crippen LogP contribution in [0.2, 0.25) is 0 Å². The van der Waals surface area contributed by atoms with E-state index in [0.717, 1.165) is 12.3 Å². The lowest BCUT2D eigenvalue weighted by Gasteiger charge is -2.51. The van der Waals surface area contributed by atoms with Crippen LogP contribution >= 0.6 is 15.9 Å². The Morgan fingerprint density at radius 1 is 1.35 bits per heavy atom. The molecule has 3 rings (SSSR count). The molecule has 0 N–H and O–H groups in total. The summed E-state index contributed by atoms with van der Waals surface area (Å²) >= 11 is 4.01. The van der Waals surface area contributed by atoms with Crippen molar-refractivity contribution >= 4 is 21.7 Å². The molecule has 0 radical (unpaired) electrons. The van der Waals surface area contributed by atoms with Gasteiger partial charge in [-0.05, 0) is 55.3 Å². The van der Waals surface area contributed by atoms with Crippen LogP contribution in [0.25, 0.3) is 0 Å². The van der Waals surface area contributed by atoms with Crippen LogP contribution in [0.15, 0.2) is 0 Å². The summed E-state index contributed by atoms with van der Waals surface area (Å²) in [5, 5.41) is 0. The Bertz CT molecular complexity index is 362. The molecule has 2 bridgehead atoms. The summed E-state index contributed by atoms with van der Waals surface area (Å²) in [6.45, 7) is 6.64. The lowest BCUT2D eigenvalue weighted by molar-refractivity contribution is -0.126. The highest BCUT2D eigenvalue weighted by Gasteiger charge is 2.67. The van der Waals surface area contributed by atoms with Crippen molar-refractivity contribution in [1.82, 2.24) is 0 Å². The molecular formula is C15H23BrO. The first-order valence-electron chi connectivity index (χ1n) is 7.04. The predicted molar refractivity (Wildman–Crippen MR) is 73.2 cm³/mol. The van der Waals surface area contributed by atoms with Crippen LogP contribution in [0.5, 0.6) is 0 Å². The van der Waals surface area contributed by atoms with E-state index in [1.54, 1.807) is 0 Å². The largest absolute Gasteiger partial charge is 0.300 e. The number of ketones is 1. The maximum absolute atomic E-state index is 11.9. The maximum atomic E-state index is 11.9. The Morgan fingerprint density at radius 3 is 2.65 bits per heavy atom. The van der Waals surface area contributed by atoms with Gasteiger partial charge in [-0.25, -0.2) is 0 Å². The van der Waals surface area contributed by atoms with E-state index in [4.69, 9.17) is 0 Å². The Hall–Kier alpha value is 0.150. The van der Waals surface area contributed by atoms with Gasteiger partial charge in [0.2, 0.25) is 0 Å². The Kier molecular flexibility index (Phi) is 2.57. The summed E-state index contributed by atoms with van der Waals surface area (Å²) in [4.78, 5) is 12.5. The number of fused-ring (bicyclic) bond motifs is 1. The number of Topliss-reactive ketones (excluding diaryl/α,β-unsaturated/α-hetero) is 1. The van der Waals surface area contributed by atoms with Crippen molar-refractivity contribution in [3.63, 3.8) is 0 Å². The van der Waals surface area contributed by atoms with Crippen LogP contribution in [0.3, 0.4) is 0 Å². The predicted octanol–water partition coefficient (Wildman–Crippen LogP) is 4.19. The van der Waals surface area contributed by atoms with Gasteiger partial charge >= 0.3 is 0 Å². The van der Waals surface area contributed by atoms with Crippen molar-refractivity contribution in [3.05, 3.63) is 0 Å². The average Bonchev–Trinajstić information content (AvgIpc) is 2.73. The zero-order valence-electron chi connectivity index (χ0n) is 11.1. The average molecular weight is 299 g/mol. The van der Waals surface area contributed by atoms with E-state index < -0.39 is 0 Å². The summed E-state index contributed by atoms with van der Waals surface area (Å²) in [5.41, 5.74) is 0.873. The van der Waals surface area contributed by atoms with Crippen LogP contribution in [-0.4, -0.2) is 10.6 Å². The fourth-order valence-corrected chi connectivity index (χ4v) is 6.49. The number of hydrogen-bond donors (Lipinski definition) is 0. The molecule has 5 unspecified atom stereocenters. The number of alkyl halides is 1. The highest BCUT2D eigenvalue weighted by atomic mass is 79.9. The highest BCUT2D eigenvalue weighted by molar-refractivity contribution is 9.09. The van der Waals surface area contributed by atoms with Crippen molar-refractivity contribution in [2.45, 2.75) is 57.7 Å². The van der Waals surface area contributed by atoms with E-state index >= 15 is 0 Å². The fourth-order valence-electron chi connectivity index (χ4n) is 5.36. The van der Waals surface area contributed by atoms with Crippen LogP contribution < -0.4 is 0 Å². The molecule has 5 atom stereocenters. The van der Waals surface area contributed by atoms with Gasteiger partial charge in [-0.15, -0.1) is 0 Å². The standard InChI is InChI=1S/C15H23BrO/c1-9(17)11-5-4-6-15-8-10(7-12(11)15)14(2,3)13(15)16/h10-13H,4-8H2,1-3H3. The van der Waals surface area contributed by atoms with Gasteiger partial charge in [0.05, 0.1) is 0 Å². The summed E-state index contributed by atoms with van der Waals surface area (Å²) < 4.78 is 0. The molecule has 3 aliphatic rings. The molecule has 0 amide bonds. The lowest BCUT2D eigenvalue weighted by atomic mass is 9.57. The second kappa shape index (κ2) is 3.59. The Balaban J connectivity index is 1.98. The van der Waals surface area contributed by atoms with Gasteiger partial charge in [-0.3, -0.25) is 4.79 Å². The number of halogens is 1. The van der Waals surface area contributed by atoms with Crippen LogP contribution in [0, 0.1) is 28.6 Å². The minimum absolute atomic E-state index is 0.366. The first-order valence-corrected chi connectivity index (χ1v) is 7.95. The summed E-state index contributed by atoms with van der Waals surface area (Å²) in [6, 6.07) is 0. The quantitative estimate of drug-likeness (QED) is 0.663. The van der Waals surface area contributed by atoms with Crippen molar-refractivity contribution < 1.29 is 4.79 Å². The van der Waals surface area contributed by atoms with Crippen molar-refractivity contribution in [1.29, 1.82) is 0 Å². The summed E-state index contributed by atoms with van der Waals surface area (Å²) in [6.07, 6.45) is 6.42. The Labute approximate surface area is 113 Å². The van der Waals surface area contributed by atoms with E-state index in [1.807, 2.05) is 6.92 Å². The van der Waals surface area contributed by atoms with Gasteiger partial charge in [0.15, 0.2) is 0 Å². The molecule has 3 saturated carbocycles. The molecule has 1 nitrogen and oxygen atoms in total. The molecule has 0 aromatic carbocycles. The van der Waals surface area contributed by atoms with Gasteiger partial charge in [-0.2, -0.15) is 0 Å². The zero-order chi connectivity index (χ0) is 12.4. The fraction of sp³-hybridized carbons (Fsp3) is 0.933. The van der Waals surface area contributed by atoms with Crippen LogP contribution in [0.1, 0.15) is 52.9 Å². The summed E-state index contributed by atoms with van der Waals surface area (Å²) in [7, 11) is 0. The third-order valence-electron chi connectivity index (χ3n) is 6.28. The molecule has 0 aromatic rings. The highest BCUT2D eigenvalue weighted by Crippen LogP contribution is 2.72. The lowest BCUT2D eigenvalue weighted by Crippen LogP contribution is -2.48. The van der Waals surface area contributed by atoms with Gasteiger partial charge in [0.25, 0.3) is 0 Å². The van der Waals surface area contributed by atoms with E-state index in [1.165, 1.54) is 25.7 Å². The topological polar surface area (TPSA) is 17.1 Å². The second-order valence-corrected chi connectivity index (χ2v) is 8.19. The smallest absolute Gasteiger partial charge is 0.133 e. The zero-order valence-corrected chi connectivity index (χ0v) is 12.7. The minimum Gasteiger partial charge on any atom is -0.300 e. The number of carbonyl (C=O) groups excluding carboxylic acids is 1. The molecule has 17 heavy (non-hydrogen) atoms. The SMILES string of the molecule is CC(=O)C1CCCC23CC(CC12)C(C)(C)C3Br. The van der Waals surface area contributed by atoms with Crippen molar-refractivity contribution in [2.75, 3.05) is 0 Å². The number of hydrogen-bond acceptors (Lipinski definition) is 1. The van der Waals surface area contributed by atoms with Crippen LogP contribution in [-0.2, 0) is 4.79 Å². The molecule has 3 fully saturated rings. The number of carbonyl (C=O) groups is 1. The molecule has 96 valence electrons. The first-order chi connectivity index (χ1) is 7.89. The maximum Gasteiger partial charge on any atom is 0.133 e. The molecule has 3 aliphatic carbocycles. The van der Waals surface area contributed by atoms with Crippen LogP contribution in [0.4, 0.5) is 0 Å². The molecule has 0 heterocycles. The molecule has 0 aliphatic heterocycles. The third-order valence-corrected chi connectivity index (χ3v) is 8.37. The van der Waals surface area contributed by atoms with E-state index in [0.29, 0.717) is 33.3 Å². The summed E-state index contributed by atoms with van der Waals surface area (Å²) in [5.74, 6) is 2.32. The monoisotopic (exact) mass is 298 g/mol. The first kappa shape index (κ1) is 12.2. The van der Waals surface area contributed by atoms with Gasteiger partial charge < -0.3 is 0 Å². The van der Waals surface area contributed by atoms with Crippen molar-refractivity contribution in [3.8, 4) is 0 Å². The molecule has 1 spiro atoms. The Morgan fingerprint density at radius 2 is 2.06 bits per heavy atom. The molecular weight excluding hydrogens is 276 g/mol. The third kappa shape index (κ3) is 1.39. The van der Waals surface area contributed by atoms with Gasteiger partial charge in [-0.1, -0.05) is 36.2 Å². The van der Waals surface area contributed by atoms with Gasteiger partial charge in [0, 0.05) is 10.7 Å².